The lowest BCUT2D eigenvalue weighted by Crippen LogP contribution is -2.32. The Kier molecular flexibility index (Phi) is 6.04. The van der Waals surface area contributed by atoms with Gasteiger partial charge in [0.25, 0.3) is 5.91 Å². The van der Waals surface area contributed by atoms with Crippen LogP contribution in [0.15, 0.2) is 59.5 Å². The van der Waals surface area contributed by atoms with E-state index in [2.05, 4.69) is 29.9 Å². The molecule has 7 heteroatoms. The van der Waals surface area contributed by atoms with E-state index in [1.54, 1.807) is 17.0 Å². The third-order valence-electron chi connectivity index (χ3n) is 5.63. The maximum atomic E-state index is 12.9. The molecule has 0 bridgehead atoms. The minimum absolute atomic E-state index is 0.0641. The Morgan fingerprint density at radius 1 is 1.17 bits per heavy atom. The zero-order chi connectivity index (χ0) is 21.1. The van der Waals surface area contributed by atoms with Gasteiger partial charge in [0.15, 0.2) is 0 Å². The average Bonchev–Trinajstić information content (AvgIpc) is 3.45. The minimum atomic E-state index is -3.62. The average molecular weight is 427 g/mol. The first-order valence-electron chi connectivity index (χ1n) is 10.2. The number of carbonyl (C=O) groups is 1. The van der Waals surface area contributed by atoms with Crippen molar-refractivity contribution < 1.29 is 17.9 Å². The van der Waals surface area contributed by atoms with Crippen LogP contribution in [0.5, 0.6) is 0 Å². The Balaban J connectivity index is 1.39. The monoisotopic (exact) mass is 426 g/mol. The van der Waals surface area contributed by atoms with Crippen LogP contribution in [0, 0.1) is 6.92 Å². The molecule has 1 fully saturated rings. The molecule has 1 unspecified atom stereocenters. The quantitative estimate of drug-likeness (QED) is 0.771. The van der Waals surface area contributed by atoms with Crippen molar-refractivity contribution >= 4 is 21.5 Å². The number of amides is 1. The maximum absolute atomic E-state index is 12.9. The Hall–Kier alpha value is -2.48. The van der Waals surface area contributed by atoms with E-state index in [1.165, 1.54) is 17.7 Å². The fourth-order valence-electron chi connectivity index (χ4n) is 3.89. The van der Waals surface area contributed by atoms with Crippen LogP contribution in [0.4, 0.5) is 0 Å². The van der Waals surface area contributed by atoms with Crippen molar-refractivity contribution in [2.75, 3.05) is 26.2 Å². The highest BCUT2D eigenvalue weighted by Crippen LogP contribution is 2.25. The predicted octanol–water partition coefficient (Wildman–Crippen LogP) is 2.99. The van der Waals surface area contributed by atoms with Gasteiger partial charge in [0.2, 0.25) is 10.0 Å². The molecule has 1 saturated heterocycles. The minimum Gasteiger partial charge on any atom is -0.377 e. The molecule has 0 aliphatic carbocycles. The molecule has 30 heavy (non-hydrogen) atoms. The first-order chi connectivity index (χ1) is 14.4. The van der Waals surface area contributed by atoms with Crippen molar-refractivity contribution in [2.45, 2.75) is 30.8 Å². The number of rotatable bonds is 6. The van der Waals surface area contributed by atoms with Gasteiger partial charge in [0.05, 0.1) is 11.0 Å². The van der Waals surface area contributed by atoms with Crippen LogP contribution in [0.25, 0.3) is 5.57 Å². The SMILES string of the molecule is Cc1ccccc1C1=CCN(C(=O)c2ccc(S(=O)(=O)NCC3CCCO3)cc2)C1. The number of sulfonamides is 1. The molecule has 1 N–H and O–H groups in total. The topological polar surface area (TPSA) is 75.7 Å². The highest BCUT2D eigenvalue weighted by Gasteiger charge is 2.24. The van der Waals surface area contributed by atoms with Crippen LogP contribution in [-0.4, -0.2) is 51.6 Å². The summed E-state index contributed by atoms with van der Waals surface area (Å²) < 4.78 is 33.0. The number of hydrogen-bond acceptors (Lipinski definition) is 4. The van der Waals surface area contributed by atoms with Crippen LogP contribution < -0.4 is 4.72 Å². The number of hydrogen-bond donors (Lipinski definition) is 1. The molecule has 2 aliphatic rings. The van der Waals surface area contributed by atoms with E-state index in [4.69, 9.17) is 4.74 Å². The predicted molar refractivity (Wildman–Crippen MR) is 116 cm³/mol. The molecule has 0 aromatic heterocycles. The number of aryl methyl sites for hydroxylation is 1. The van der Waals surface area contributed by atoms with Crippen LogP contribution in [0.2, 0.25) is 0 Å². The lowest BCUT2D eigenvalue weighted by Gasteiger charge is -2.17. The molecular weight excluding hydrogens is 400 g/mol. The number of nitrogens with one attached hydrogen (secondary N) is 1. The fraction of sp³-hybridized carbons (Fsp3) is 0.348. The molecule has 0 radical (unpaired) electrons. The number of ether oxygens (including phenoxy) is 1. The third kappa shape index (κ3) is 4.48. The molecule has 0 spiro atoms. The van der Waals surface area contributed by atoms with E-state index >= 15 is 0 Å². The number of benzene rings is 2. The van der Waals surface area contributed by atoms with Crippen molar-refractivity contribution in [2.24, 2.45) is 0 Å². The molecule has 2 heterocycles. The zero-order valence-corrected chi connectivity index (χ0v) is 17.8. The first kappa shape index (κ1) is 20.8. The third-order valence-corrected chi connectivity index (χ3v) is 7.07. The largest absolute Gasteiger partial charge is 0.377 e. The highest BCUT2D eigenvalue weighted by molar-refractivity contribution is 7.89. The zero-order valence-electron chi connectivity index (χ0n) is 17.0. The van der Waals surface area contributed by atoms with E-state index in [9.17, 15) is 13.2 Å². The second-order valence-electron chi connectivity index (χ2n) is 7.74. The first-order valence-corrected chi connectivity index (χ1v) is 11.7. The molecule has 1 atom stereocenters. The maximum Gasteiger partial charge on any atom is 0.254 e. The van der Waals surface area contributed by atoms with Crippen molar-refractivity contribution in [1.29, 1.82) is 0 Å². The van der Waals surface area contributed by atoms with Gasteiger partial charge in [-0.25, -0.2) is 13.1 Å². The molecular formula is C23H26N2O4S. The van der Waals surface area contributed by atoms with Crippen molar-refractivity contribution in [3.05, 3.63) is 71.3 Å². The smallest absolute Gasteiger partial charge is 0.254 e. The van der Waals surface area contributed by atoms with Gasteiger partial charge in [-0.3, -0.25) is 4.79 Å². The summed E-state index contributed by atoms with van der Waals surface area (Å²) in [7, 11) is -3.62. The van der Waals surface area contributed by atoms with Gasteiger partial charge in [-0.15, -0.1) is 0 Å². The summed E-state index contributed by atoms with van der Waals surface area (Å²) >= 11 is 0. The second-order valence-corrected chi connectivity index (χ2v) is 9.51. The van der Waals surface area contributed by atoms with Crippen molar-refractivity contribution in [3.8, 4) is 0 Å². The summed E-state index contributed by atoms with van der Waals surface area (Å²) in [5.41, 5.74) is 3.96. The Morgan fingerprint density at radius 3 is 2.63 bits per heavy atom. The van der Waals surface area contributed by atoms with E-state index in [-0.39, 0.29) is 23.5 Å². The molecule has 2 aromatic rings. The Labute approximate surface area is 177 Å². The summed E-state index contributed by atoms with van der Waals surface area (Å²) in [6.07, 6.45) is 3.84. The second kappa shape index (κ2) is 8.71. The Morgan fingerprint density at radius 2 is 1.93 bits per heavy atom. The van der Waals surface area contributed by atoms with Gasteiger partial charge in [-0.1, -0.05) is 30.3 Å². The van der Waals surface area contributed by atoms with Crippen LogP contribution in [-0.2, 0) is 14.8 Å². The lowest BCUT2D eigenvalue weighted by atomic mass is 10.0. The van der Waals surface area contributed by atoms with Crippen molar-refractivity contribution in [3.63, 3.8) is 0 Å². The molecule has 4 rings (SSSR count). The molecule has 158 valence electrons. The van der Waals surface area contributed by atoms with E-state index in [0.29, 0.717) is 25.3 Å². The number of nitrogens with zero attached hydrogens (tertiary/aromatic N) is 1. The molecule has 1 amide bonds. The summed E-state index contributed by atoms with van der Waals surface area (Å²) in [6, 6.07) is 14.3. The van der Waals surface area contributed by atoms with Crippen LogP contribution >= 0.6 is 0 Å². The standard InChI is InChI=1S/C23H26N2O4S/c1-17-5-2-3-7-22(17)19-12-13-25(16-19)23(26)18-8-10-21(11-9-18)30(27,28)24-15-20-6-4-14-29-20/h2-3,5,7-12,20,24H,4,6,13-16H2,1H3. The van der Waals surface area contributed by atoms with E-state index in [1.807, 2.05) is 12.1 Å². The van der Waals surface area contributed by atoms with Gasteiger partial charge >= 0.3 is 0 Å². The van der Waals surface area contributed by atoms with Gasteiger partial charge in [0, 0.05) is 31.8 Å². The number of carbonyl (C=O) groups excluding carboxylic acids is 1. The van der Waals surface area contributed by atoms with E-state index in [0.717, 1.165) is 24.0 Å². The van der Waals surface area contributed by atoms with Gasteiger partial charge in [0.1, 0.15) is 0 Å². The lowest BCUT2D eigenvalue weighted by molar-refractivity contribution is 0.0801. The summed E-state index contributed by atoms with van der Waals surface area (Å²) in [4.78, 5) is 14.8. The summed E-state index contributed by atoms with van der Waals surface area (Å²) in [5.74, 6) is -0.105. The fourth-order valence-corrected chi connectivity index (χ4v) is 4.96. The Bertz CT molecular complexity index is 1050. The van der Waals surface area contributed by atoms with Crippen LogP contribution in [0.3, 0.4) is 0 Å². The van der Waals surface area contributed by atoms with Gasteiger partial charge in [-0.05, 0) is 60.7 Å². The molecule has 2 aliphatic heterocycles. The van der Waals surface area contributed by atoms with Gasteiger partial charge < -0.3 is 9.64 Å². The molecule has 2 aromatic carbocycles. The van der Waals surface area contributed by atoms with Crippen molar-refractivity contribution in [1.82, 2.24) is 9.62 Å². The summed E-state index contributed by atoms with van der Waals surface area (Å²) in [6.45, 7) is 4.11. The molecule has 6 nitrogen and oxygen atoms in total. The normalized spacial score (nSPS) is 19.2. The van der Waals surface area contributed by atoms with Gasteiger partial charge in [-0.2, -0.15) is 0 Å². The molecule has 0 saturated carbocycles. The summed E-state index contributed by atoms with van der Waals surface area (Å²) in [5, 5.41) is 0. The highest BCUT2D eigenvalue weighted by atomic mass is 32.2. The van der Waals surface area contributed by atoms with Crippen LogP contribution in [0.1, 0.15) is 34.3 Å². The van der Waals surface area contributed by atoms with E-state index < -0.39 is 10.0 Å².